The third kappa shape index (κ3) is 4.34. The summed E-state index contributed by atoms with van der Waals surface area (Å²) in [6, 6.07) is 2.73. The molecule has 2 rings (SSSR count). The molecule has 21 heavy (non-hydrogen) atoms. The molecule has 116 valence electrons. The van der Waals surface area contributed by atoms with E-state index in [1.807, 2.05) is 0 Å². The summed E-state index contributed by atoms with van der Waals surface area (Å²) in [5.41, 5.74) is 0.220. The number of hydrogen-bond donors (Lipinski definition) is 1. The minimum Gasteiger partial charge on any atom is -0.494 e. The van der Waals surface area contributed by atoms with Crippen molar-refractivity contribution in [2.75, 3.05) is 13.7 Å². The lowest BCUT2D eigenvalue weighted by Gasteiger charge is -2.11. The number of ether oxygens (including phenoxy) is 1. The van der Waals surface area contributed by atoms with Crippen LogP contribution >= 0.6 is 26.6 Å². The van der Waals surface area contributed by atoms with Gasteiger partial charge in [-0.2, -0.15) is 0 Å². The highest BCUT2D eigenvalue weighted by atomic mass is 79.9. The number of rotatable bonds is 6. The number of halogens is 2. The van der Waals surface area contributed by atoms with Crippen LogP contribution in [0.2, 0.25) is 0 Å². The van der Waals surface area contributed by atoms with Crippen molar-refractivity contribution >= 4 is 41.6 Å². The zero-order valence-corrected chi connectivity index (χ0v) is 14.5. The first-order valence-electron chi connectivity index (χ1n) is 6.43. The summed E-state index contributed by atoms with van der Waals surface area (Å²) >= 11 is 3.19. The molecule has 0 spiro atoms. The van der Waals surface area contributed by atoms with Crippen LogP contribution in [-0.4, -0.2) is 28.0 Å². The molecule has 0 atom stereocenters. The van der Waals surface area contributed by atoms with Gasteiger partial charge in [-0.3, -0.25) is 4.79 Å². The number of methoxy groups -OCH3 is 1. The molecule has 0 heterocycles. The van der Waals surface area contributed by atoms with Crippen LogP contribution in [0.4, 0.5) is 0 Å². The molecule has 8 heteroatoms. The smallest absolute Gasteiger partial charge is 0.265 e. The van der Waals surface area contributed by atoms with Crippen LogP contribution in [0.15, 0.2) is 21.5 Å². The van der Waals surface area contributed by atoms with Crippen molar-refractivity contribution in [3.8, 4) is 5.75 Å². The van der Waals surface area contributed by atoms with Crippen LogP contribution in [0, 0.1) is 5.92 Å². The second kappa shape index (κ2) is 6.54. The Kier molecular flexibility index (Phi) is 5.16. The largest absolute Gasteiger partial charge is 0.494 e. The molecular formula is C13H15BrClNO4S. The first-order chi connectivity index (χ1) is 9.82. The van der Waals surface area contributed by atoms with Crippen molar-refractivity contribution in [1.29, 1.82) is 0 Å². The molecule has 0 aromatic heterocycles. The topological polar surface area (TPSA) is 72.5 Å². The predicted octanol–water partition coefficient (Wildman–Crippen LogP) is 2.92. The third-order valence-electron chi connectivity index (χ3n) is 3.27. The van der Waals surface area contributed by atoms with Crippen molar-refractivity contribution in [2.24, 2.45) is 5.92 Å². The monoisotopic (exact) mass is 395 g/mol. The molecule has 1 aromatic carbocycles. The summed E-state index contributed by atoms with van der Waals surface area (Å²) in [7, 11) is 2.71. The van der Waals surface area contributed by atoms with Crippen LogP contribution in [-0.2, 0) is 9.05 Å². The van der Waals surface area contributed by atoms with Gasteiger partial charge in [-0.05, 0) is 40.4 Å². The van der Waals surface area contributed by atoms with E-state index in [0.717, 1.165) is 6.42 Å². The predicted molar refractivity (Wildman–Crippen MR) is 83.4 cm³/mol. The number of amides is 1. The summed E-state index contributed by atoms with van der Waals surface area (Å²) < 4.78 is 28.5. The second-order valence-corrected chi connectivity index (χ2v) is 8.30. The van der Waals surface area contributed by atoms with E-state index in [1.54, 1.807) is 0 Å². The Hall–Kier alpha value is -0.790. The number of nitrogens with one attached hydrogen (secondary N) is 1. The van der Waals surface area contributed by atoms with Crippen molar-refractivity contribution in [3.63, 3.8) is 0 Å². The Morgan fingerprint density at radius 3 is 2.67 bits per heavy atom. The van der Waals surface area contributed by atoms with Crippen LogP contribution in [0.25, 0.3) is 0 Å². The minimum absolute atomic E-state index is 0.0829. The van der Waals surface area contributed by atoms with Gasteiger partial charge in [-0.1, -0.05) is 12.8 Å². The lowest BCUT2D eigenvalue weighted by atomic mass is 10.2. The Bertz CT molecular complexity index is 658. The van der Waals surface area contributed by atoms with Gasteiger partial charge in [0.05, 0.1) is 11.6 Å². The lowest BCUT2D eigenvalue weighted by Crippen LogP contribution is -2.25. The Labute approximate surface area is 136 Å². The molecule has 1 aliphatic rings. The van der Waals surface area contributed by atoms with Crippen molar-refractivity contribution in [2.45, 2.75) is 24.2 Å². The maximum absolute atomic E-state index is 12.1. The molecule has 1 aliphatic carbocycles. The highest BCUT2D eigenvalue weighted by Crippen LogP contribution is 2.35. The van der Waals surface area contributed by atoms with Gasteiger partial charge >= 0.3 is 0 Å². The molecular weight excluding hydrogens is 382 g/mol. The minimum atomic E-state index is -4.01. The van der Waals surface area contributed by atoms with E-state index in [1.165, 1.54) is 32.1 Å². The zero-order valence-electron chi connectivity index (χ0n) is 11.4. The fourth-order valence-corrected chi connectivity index (χ4v) is 3.76. The molecule has 0 radical (unpaired) electrons. The standard InChI is InChI=1S/C13H15BrClNO4S/c1-20-12-10(14)6-9(7-11(12)21(15,18)19)13(17)16-5-4-8-2-3-8/h6-8H,2-5H2,1H3,(H,16,17). The van der Waals surface area contributed by atoms with E-state index in [-0.39, 0.29) is 22.1 Å². The molecule has 1 aromatic rings. The van der Waals surface area contributed by atoms with Crippen LogP contribution in [0.3, 0.4) is 0 Å². The molecule has 0 aliphatic heterocycles. The van der Waals surface area contributed by atoms with Gasteiger partial charge in [0.25, 0.3) is 15.0 Å². The number of benzene rings is 1. The Balaban J connectivity index is 2.22. The quantitative estimate of drug-likeness (QED) is 0.750. The first-order valence-corrected chi connectivity index (χ1v) is 9.53. The van der Waals surface area contributed by atoms with Gasteiger partial charge in [0.15, 0.2) is 5.75 Å². The summed E-state index contributed by atoms with van der Waals surface area (Å²) in [6.45, 7) is 0.579. The molecule has 1 N–H and O–H groups in total. The van der Waals surface area contributed by atoms with Crippen molar-refractivity contribution in [3.05, 3.63) is 22.2 Å². The SMILES string of the molecule is COc1c(Br)cc(C(=O)NCCC2CC2)cc1S(=O)(=O)Cl. The average molecular weight is 397 g/mol. The highest BCUT2D eigenvalue weighted by molar-refractivity contribution is 9.10. The van der Waals surface area contributed by atoms with Gasteiger partial charge in [0.1, 0.15) is 4.90 Å². The third-order valence-corrected chi connectivity index (χ3v) is 5.19. The van der Waals surface area contributed by atoms with Gasteiger partial charge in [-0.25, -0.2) is 8.42 Å². The number of carbonyl (C=O) groups excluding carboxylic acids is 1. The van der Waals surface area contributed by atoms with Crippen molar-refractivity contribution < 1.29 is 17.9 Å². The van der Waals surface area contributed by atoms with E-state index in [9.17, 15) is 13.2 Å². The zero-order chi connectivity index (χ0) is 15.6. The van der Waals surface area contributed by atoms with Crippen LogP contribution < -0.4 is 10.1 Å². The maximum Gasteiger partial charge on any atom is 0.265 e. The molecule has 0 saturated heterocycles. The summed E-state index contributed by atoms with van der Waals surface area (Å²) in [6.07, 6.45) is 3.39. The van der Waals surface area contributed by atoms with E-state index in [4.69, 9.17) is 15.4 Å². The van der Waals surface area contributed by atoms with E-state index in [0.29, 0.717) is 16.9 Å². The molecule has 5 nitrogen and oxygen atoms in total. The normalized spacial score (nSPS) is 14.8. The fourth-order valence-electron chi connectivity index (χ4n) is 1.98. The lowest BCUT2D eigenvalue weighted by molar-refractivity contribution is 0.0952. The fraction of sp³-hybridized carbons (Fsp3) is 0.462. The summed E-state index contributed by atoms with van der Waals surface area (Å²) in [4.78, 5) is 11.8. The maximum atomic E-state index is 12.1. The summed E-state index contributed by atoms with van der Waals surface area (Å²) in [5, 5.41) is 2.78. The van der Waals surface area contributed by atoms with Gasteiger partial charge < -0.3 is 10.1 Å². The number of carbonyl (C=O) groups is 1. The Morgan fingerprint density at radius 2 is 2.14 bits per heavy atom. The second-order valence-electron chi connectivity index (χ2n) is 4.92. The van der Waals surface area contributed by atoms with Crippen LogP contribution in [0.5, 0.6) is 5.75 Å². The first kappa shape index (κ1) is 16.6. The molecule has 1 saturated carbocycles. The number of hydrogen-bond acceptors (Lipinski definition) is 4. The van der Waals surface area contributed by atoms with Gasteiger partial charge in [0, 0.05) is 22.8 Å². The molecule has 0 unspecified atom stereocenters. The summed E-state index contributed by atoms with van der Waals surface area (Å²) in [5.74, 6) is 0.465. The van der Waals surface area contributed by atoms with Gasteiger partial charge in [0.2, 0.25) is 0 Å². The molecule has 0 bridgehead atoms. The Morgan fingerprint density at radius 1 is 1.48 bits per heavy atom. The molecule has 1 fully saturated rings. The molecule has 1 amide bonds. The van der Waals surface area contributed by atoms with E-state index < -0.39 is 9.05 Å². The van der Waals surface area contributed by atoms with Gasteiger partial charge in [-0.15, -0.1) is 0 Å². The van der Waals surface area contributed by atoms with Crippen molar-refractivity contribution in [1.82, 2.24) is 5.32 Å². The average Bonchev–Trinajstić information content (AvgIpc) is 3.20. The van der Waals surface area contributed by atoms with E-state index >= 15 is 0 Å². The highest BCUT2D eigenvalue weighted by Gasteiger charge is 2.23. The van der Waals surface area contributed by atoms with Crippen LogP contribution in [0.1, 0.15) is 29.6 Å². The van der Waals surface area contributed by atoms with E-state index in [2.05, 4.69) is 21.2 Å².